The fraction of sp³-hybridized carbons (Fsp3) is 0.375. The van der Waals surface area contributed by atoms with E-state index in [1.54, 1.807) is 0 Å². The second kappa shape index (κ2) is 16.1. The summed E-state index contributed by atoms with van der Waals surface area (Å²) in [5, 5.41) is 0. The van der Waals surface area contributed by atoms with Crippen molar-refractivity contribution in [1.82, 2.24) is 9.80 Å². The molecule has 0 N–H and O–H groups in total. The fourth-order valence-electron chi connectivity index (χ4n) is 8.54. The molecule has 4 aromatic rings. The van der Waals surface area contributed by atoms with E-state index in [0.29, 0.717) is 11.7 Å². The molecule has 52 heavy (non-hydrogen) atoms. The zero-order chi connectivity index (χ0) is 36.2. The summed E-state index contributed by atoms with van der Waals surface area (Å²) in [6.07, 6.45) is 10.7. The first-order valence-electron chi connectivity index (χ1n) is 19.4. The summed E-state index contributed by atoms with van der Waals surface area (Å²) in [7, 11) is 0. The van der Waals surface area contributed by atoms with Crippen molar-refractivity contribution < 1.29 is 9.59 Å². The van der Waals surface area contributed by atoms with Crippen LogP contribution in [0.1, 0.15) is 90.9 Å². The van der Waals surface area contributed by atoms with Crippen LogP contribution in [0.2, 0.25) is 0 Å². The van der Waals surface area contributed by atoms with Crippen molar-refractivity contribution in [2.45, 2.75) is 79.3 Å². The Bertz CT molecular complexity index is 1980. The molecule has 0 spiro atoms. The Labute approximate surface area is 311 Å². The van der Waals surface area contributed by atoms with Crippen molar-refractivity contribution >= 4 is 11.6 Å². The highest BCUT2D eigenvalue weighted by molar-refractivity contribution is 6.13. The minimum absolute atomic E-state index is 0.218. The van der Waals surface area contributed by atoms with Crippen LogP contribution < -0.4 is 0 Å². The van der Waals surface area contributed by atoms with Crippen LogP contribution in [-0.4, -0.2) is 47.5 Å². The highest BCUT2D eigenvalue weighted by Crippen LogP contribution is 2.36. The van der Waals surface area contributed by atoms with E-state index in [9.17, 15) is 9.59 Å². The normalized spacial score (nSPS) is 20.0. The number of allylic oxidation sites excluding steroid dienone is 2. The highest BCUT2D eigenvalue weighted by Gasteiger charge is 2.33. The second-order valence-corrected chi connectivity index (χ2v) is 15.8. The van der Waals surface area contributed by atoms with Crippen LogP contribution >= 0.6 is 0 Å². The van der Waals surface area contributed by atoms with Crippen LogP contribution in [0, 0.1) is 39.5 Å². The van der Waals surface area contributed by atoms with E-state index in [2.05, 4.69) is 135 Å². The summed E-state index contributed by atoms with van der Waals surface area (Å²) in [6, 6.07) is 30.0. The Hall–Kier alpha value is -4.38. The molecule has 2 heterocycles. The predicted molar refractivity (Wildman–Crippen MR) is 213 cm³/mol. The number of hydrogen-bond donors (Lipinski definition) is 0. The van der Waals surface area contributed by atoms with Gasteiger partial charge in [-0.3, -0.25) is 19.4 Å². The summed E-state index contributed by atoms with van der Waals surface area (Å²) in [4.78, 5) is 30.6. The first kappa shape index (κ1) is 36.0. The number of fused-ring (bicyclic) bond motifs is 2. The number of benzene rings is 4. The summed E-state index contributed by atoms with van der Waals surface area (Å²) in [5.74, 6) is 1.54. The molecule has 1 fully saturated rings. The predicted octanol–water partition coefficient (Wildman–Crippen LogP) is 9.76. The summed E-state index contributed by atoms with van der Waals surface area (Å²) < 4.78 is 0. The van der Waals surface area contributed by atoms with Crippen molar-refractivity contribution in [1.29, 1.82) is 0 Å². The zero-order valence-electron chi connectivity index (χ0n) is 31.6. The molecule has 4 aromatic carbocycles. The van der Waals surface area contributed by atoms with Gasteiger partial charge in [0.25, 0.3) is 0 Å². The average Bonchev–Trinajstić information content (AvgIpc) is 3.61. The van der Waals surface area contributed by atoms with Crippen LogP contribution in [0.25, 0.3) is 0 Å². The van der Waals surface area contributed by atoms with Gasteiger partial charge in [0, 0.05) is 55.2 Å². The third-order valence-corrected chi connectivity index (χ3v) is 12.0. The number of rotatable bonds is 7. The zero-order valence-corrected chi connectivity index (χ0v) is 31.6. The molecule has 4 aliphatic rings. The third kappa shape index (κ3) is 8.46. The Morgan fingerprint density at radius 3 is 1.87 bits per heavy atom. The molecule has 0 amide bonds. The molecule has 1 unspecified atom stereocenters. The van der Waals surface area contributed by atoms with E-state index in [1.807, 2.05) is 0 Å². The standard InChI is InChI=1S/C24H29NO.C24H25NO/c2*1-17-12-21-15-22(24(26)23(21)13-18(17)2)14-19-8-10-25(11-9-19)16-20-6-4-3-5-7-20/h3-7,12-13,19,22H,8-11,14-16H2,1-2H3;3-8,12-14H,9-11,15-16H2,1-2H3/b;22-14+. The van der Waals surface area contributed by atoms with Gasteiger partial charge in [0.15, 0.2) is 11.6 Å². The van der Waals surface area contributed by atoms with Crippen molar-refractivity contribution in [3.63, 3.8) is 0 Å². The van der Waals surface area contributed by atoms with Crippen molar-refractivity contribution in [3.8, 4) is 0 Å². The molecular weight excluding hydrogens is 637 g/mol. The fourth-order valence-corrected chi connectivity index (χ4v) is 8.54. The van der Waals surface area contributed by atoms with E-state index in [4.69, 9.17) is 0 Å². The van der Waals surface area contributed by atoms with Crippen LogP contribution in [0.3, 0.4) is 0 Å². The summed E-state index contributed by atoms with van der Waals surface area (Å²) in [6.45, 7) is 14.8. The van der Waals surface area contributed by atoms with Gasteiger partial charge in [0.2, 0.25) is 0 Å². The molecule has 268 valence electrons. The first-order chi connectivity index (χ1) is 25.2. The number of carbonyl (C=O) groups is 2. The monoisotopic (exact) mass is 690 g/mol. The Kier molecular flexibility index (Phi) is 11.1. The van der Waals surface area contributed by atoms with E-state index in [-0.39, 0.29) is 11.7 Å². The molecule has 1 saturated heterocycles. The molecule has 8 rings (SSSR count). The minimum atomic E-state index is 0.218. The van der Waals surface area contributed by atoms with E-state index in [0.717, 1.165) is 81.7 Å². The van der Waals surface area contributed by atoms with E-state index < -0.39 is 0 Å². The lowest BCUT2D eigenvalue weighted by Crippen LogP contribution is -2.34. The highest BCUT2D eigenvalue weighted by atomic mass is 16.1. The largest absolute Gasteiger partial charge is 0.299 e. The topological polar surface area (TPSA) is 40.6 Å². The number of carbonyl (C=O) groups excluding carboxylic acids is 2. The number of ketones is 2. The quantitative estimate of drug-likeness (QED) is 0.181. The molecule has 2 aliphatic heterocycles. The van der Waals surface area contributed by atoms with Gasteiger partial charge < -0.3 is 0 Å². The van der Waals surface area contributed by atoms with Crippen molar-refractivity contribution in [2.75, 3.05) is 26.2 Å². The van der Waals surface area contributed by atoms with Crippen LogP contribution in [0.4, 0.5) is 0 Å². The smallest absolute Gasteiger partial charge is 0.189 e. The van der Waals surface area contributed by atoms with Crippen LogP contribution in [0.5, 0.6) is 0 Å². The first-order valence-corrected chi connectivity index (χ1v) is 19.4. The van der Waals surface area contributed by atoms with E-state index in [1.165, 1.54) is 62.9 Å². The SMILES string of the molecule is Cc1cc2c(cc1C)C(=O)/C(=C/C1=CCN(Cc3ccccc3)CC1)C2.Cc1cc2c(cc1C)C(=O)C(CC1CCN(Cc3ccccc3)CC1)C2. The van der Waals surface area contributed by atoms with Gasteiger partial charge in [0.05, 0.1) is 0 Å². The van der Waals surface area contributed by atoms with Crippen molar-refractivity contribution in [3.05, 3.63) is 164 Å². The number of hydrogen-bond acceptors (Lipinski definition) is 4. The summed E-state index contributed by atoms with van der Waals surface area (Å²) >= 11 is 0. The number of piperidine rings is 1. The molecule has 1 atom stereocenters. The van der Waals surface area contributed by atoms with Crippen LogP contribution in [0.15, 0.2) is 108 Å². The second-order valence-electron chi connectivity index (χ2n) is 15.8. The minimum Gasteiger partial charge on any atom is -0.299 e. The lowest BCUT2D eigenvalue weighted by molar-refractivity contribution is 0.0895. The number of likely N-dealkylation sites (tertiary alicyclic amines) is 1. The molecule has 0 radical (unpaired) electrons. The Morgan fingerprint density at radius 1 is 0.673 bits per heavy atom. The maximum absolute atomic E-state index is 12.8. The van der Waals surface area contributed by atoms with Gasteiger partial charge in [-0.05, 0) is 141 Å². The summed E-state index contributed by atoms with van der Waals surface area (Å²) in [5.41, 5.74) is 14.4. The maximum Gasteiger partial charge on any atom is 0.189 e. The van der Waals surface area contributed by atoms with Crippen molar-refractivity contribution in [2.24, 2.45) is 11.8 Å². The lowest BCUT2D eigenvalue weighted by atomic mass is 9.85. The van der Waals surface area contributed by atoms with Gasteiger partial charge in [0.1, 0.15) is 0 Å². The molecule has 0 saturated carbocycles. The average molecular weight is 691 g/mol. The van der Waals surface area contributed by atoms with Gasteiger partial charge in [-0.15, -0.1) is 0 Å². The van der Waals surface area contributed by atoms with Crippen LogP contribution in [-0.2, 0) is 25.9 Å². The maximum atomic E-state index is 12.8. The molecule has 4 heteroatoms. The Balaban J connectivity index is 0.000000162. The molecule has 0 bridgehead atoms. The van der Waals surface area contributed by atoms with Gasteiger partial charge in [-0.2, -0.15) is 0 Å². The van der Waals surface area contributed by atoms with Gasteiger partial charge in [-0.25, -0.2) is 0 Å². The van der Waals surface area contributed by atoms with E-state index >= 15 is 0 Å². The molecule has 2 aliphatic carbocycles. The number of Topliss-reactive ketones (excluding diaryl/α,β-unsaturated/α-hetero) is 2. The van der Waals surface area contributed by atoms with Gasteiger partial charge >= 0.3 is 0 Å². The lowest BCUT2D eigenvalue weighted by Gasteiger charge is -2.33. The molecule has 0 aromatic heterocycles. The molecular formula is C48H54N2O2. The number of aryl methyl sites for hydroxylation is 4. The van der Waals surface area contributed by atoms with Gasteiger partial charge in [-0.1, -0.05) is 84.9 Å². The molecule has 4 nitrogen and oxygen atoms in total. The number of nitrogens with zero attached hydrogens (tertiary/aromatic N) is 2. The Morgan fingerprint density at radius 2 is 1.25 bits per heavy atom. The third-order valence-electron chi connectivity index (χ3n) is 12.0.